The van der Waals surface area contributed by atoms with Crippen molar-refractivity contribution in [3.63, 3.8) is 0 Å². The van der Waals surface area contributed by atoms with Crippen LogP contribution in [0.15, 0.2) is 48.5 Å². The van der Waals surface area contributed by atoms with E-state index in [-0.39, 0.29) is 5.91 Å². The van der Waals surface area contributed by atoms with Crippen LogP contribution in [0.3, 0.4) is 0 Å². The van der Waals surface area contributed by atoms with E-state index in [1.807, 2.05) is 30.3 Å². The minimum absolute atomic E-state index is 0.0915. The molecule has 0 atom stereocenters. The van der Waals surface area contributed by atoms with Crippen LogP contribution in [0.1, 0.15) is 10.4 Å². The predicted molar refractivity (Wildman–Crippen MR) is 87.8 cm³/mol. The van der Waals surface area contributed by atoms with Crippen molar-refractivity contribution in [1.82, 2.24) is 5.32 Å². The number of halogens is 1. The van der Waals surface area contributed by atoms with Crippen LogP contribution in [0.25, 0.3) is 0 Å². The molecule has 104 valence electrons. The average molecular weight is 382 g/mol. The first-order chi connectivity index (χ1) is 9.66. The Morgan fingerprint density at radius 2 is 2.00 bits per heavy atom. The molecule has 4 nitrogen and oxygen atoms in total. The van der Waals surface area contributed by atoms with E-state index in [1.54, 1.807) is 18.2 Å². The maximum absolute atomic E-state index is 11.9. The van der Waals surface area contributed by atoms with Gasteiger partial charge in [-0.05, 0) is 46.9 Å². The fraction of sp³-hybridized carbons (Fsp3) is 0.133. The quantitative estimate of drug-likeness (QED) is 0.475. The van der Waals surface area contributed by atoms with Gasteiger partial charge in [-0.3, -0.25) is 4.79 Å². The molecule has 0 radical (unpaired) electrons. The van der Waals surface area contributed by atoms with Gasteiger partial charge in [-0.2, -0.15) is 0 Å². The Hall–Kier alpha value is -1.76. The van der Waals surface area contributed by atoms with E-state index in [0.717, 1.165) is 3.57 Å². The predicted octanol–water partition coefficient (Wildman–Crippen LogP) is 2.68. The number of rotatable bonds is 5. The number of carbonyl (C=O) groups is 1. The van der Waals surface area contributed by atoms with Gasteiger partial charge in [0, 0.05) is 15.3 Å². The third kappa shape index (κ3) is 4.12. The van der Waals surface area contributed by atoms with Gasteiger partial charge in [0.15, 0.2) is 0 Å². The van der Waals surface area contributed by atoms with Crippen LogP contribution in [-0.2, 0) is 0 Å². The molecule has 0 aliphatic rings. The van der Waals surface area contributed by atoms with Gasteiger partial charge in [0.1, 0.15) is 12.4 Å². The molecule has 2 aromatic rings. The number of nitrogens with two attached hydrogens (primary N) is 1. The van der Waals surface area contributed by atoms with E-state index < -0.39 is 0 Å². The Labute approximate surface area is 131 Å². The van der Waals surface area contributed by atoms with Crippen molar-refractivity contribution in [1.29, 1.82) is 0 Å². The third-order valence-electron chi connectivity index (χ3n) is 2.63. The van der Waals surface area contributed by atoms with Crippen LogP contribution in [0.5, 0.6) is 5.75 Å². The molecular weight excluding hydrogens is 367 g/mol. The van der Waals surface area contributed by atoms with Gasteiger partial charge in [-0.15, -0.1) is 0 Å². The first-order valence-electron chi connectivity index (χ1n) is 6.18. The van der Waals surface area contributed by atoms with Gasteiger partial charge < -0.3 is 15.8 Å². The summed E-state index contributed by atoms with van der Waals surface area (Å²) in [6.45, 7) is 0.844. The Kier molecular flexibility index (Phi) is 5.23. The SMILES string of the molecule is Nc1cccc(OCCNC(=O)c2ccccc2I)c1. The van der Waals surface area contributed by atoms with E-state index >= 15 is 0 Å². The highest BCUT2D eigenvalue weighted by Gasteiger charge is 2.07. The highest BCUT2D eigenvalue weighted by atomic mass is 127. The second-order valence-corrected chi connectivity index (χ2v) is 5.32. The molecule has 2 rings (SSSR count). The van der Waals surface area contributed by atoms with Gasteiger partial charge in [0.25, 0.3) is 5.91 Å². The van der Waals surface area contributed by atoms with Gasteiger partial charge in [0.05, 0.1) is 12.1 Å². The van der Waals surface area contributed by atoms with Crippen molar-refractivity contribution in [2.45, 2.75) is 0 Å². The molecule has 2 aromatic carbocycles. The molecule has 0 aromatic heterocycles. The van der Waals surface area contributed by atoms with E-state index in [2.05, 4.69) is 27.9 Å². The molecule has 1 amide bonds. The molecule has 0 spiro atoms. The Bertz CT molecular complexity index is 602. The second kappa shape index (κ2) is 7.14. The summed E-state index contributed by atoms with van der Waals surface area (Å²) in [5, 5.41) is 2.82. The minimum Gasteiger partial charge on any atom is -0.492 e. The summed E-state index contributed by atoms with van der Waals surface area (Å²) in [4.78, 5) is 11.9. The highest BCUT2D eigenvalue weighted by molar-refractivity contribution is 14.1. The zero-order valence-electron chi connectivity index (χ0n) is 10.8. The Morgan fingerprint density at radius 3 is 2.75 bits per heavy atom. The Morgan fingerprint density at radius 1 is 1.20 bits per heavy atom. The number of anilines is 1. The number of carbonyl (C=O) groups excluding carboxylic acids is 1. The molecule has 20 heavy (non-hydrogen) atoms. The van der Waals surface area contributed by atoms with Crippen LogP contribution >= 0.6 is 22.6 Å². The number of amides is 1. The fourth-order valence-electron chi connectivity index (χ4n) is 1.68. The lowest BCUT2D eigenvalue weighted by Gasteiger charge is -2.09. The number of nitrogen functional groups attached to an aromatic ring is 1. The van der Waals surface area contributed by atoms with Crippen LogP contribution < -0.4 is 15.8 Å². The molecule has 0 aliphatic carbocycles. The standard InChI is InChI=1S/C15H15IN2O2/c16-14-7-2-1-6-13(14)15(19)18-8-9-20-12-5-3-4-11(17)10-12/h1-7,10H,8-9,17H2,(H,18,19). The largest absolute Gasteiger partial charge is 0.492 e. The summed E-state index contributed by atoms with van der Waals surface area (Å²) >= 11 is 2.14. The summed E-state index contributed by atoms with van der Waals surface area (Å²) in [6, 6.07) is 14.7. The molecular formula is C15H15IN2O2. The van der Waals surface area contributed by atoms with Gasteiger partial charge >= 0.3 is 0 Å². The van der Waals surface area contributed by atoms with Gasteiger partial charge in [0.2, 0.25) is 0 Å². The third-order valence-corrected chi connectivity index (χ3v) is 3.57. The molecule has 5 heteroatoms. The lowest BCUT2D eigenvalue weighted by Crippen LogP contribution is -2.28. The summed E-state index contributed by atoms with van der Waals surface area (Å²) in [7, 11) is 0. The van der Waals surface area contributed by atoms with Gasteiger partial charge in [-0.25, -0.2) is 0 Å². The summed E-state index contributed by atoms with van der Waals surface area (Å²) in [6.07, 6.45) is 0. The van der Waals surface area contributed by atoms with E-state index in [1.165, 1.54) is 0 Å². The van der Waals surface area contributed by atoms with Crippen molar-refractivity contribution in [3.8, 4) is 5.75 Å². The summed E-state index contributed by atoms with van der Waals surface area (Å²) in [5.41, 5.74) is 6.99. The summed E-state index contributed by atoms with van der Waals surface area (Å²) < 4.78 is 6.44. The molecule has 0 bridgehead atoms. The zero-order valence-corrected chi connectivity index (χ0v) is 13.0. The van der Waals surface area contributed by atoms with Crippen molar-refractivity contribution >= 4 is 34.2 Å². The fourth-order valence-corrected chi connectivity index (χ4v) is 2.31. The van der Waals surface area contributed by atoms with Crippen molar-refractivity contribution in [2.24, 2.45) is 0 Å². The van der Waals surface area contributed by atoms with Crippen molar-refractivity contribution < 1.29 is 9.53 Å². The van der Waals surface area contributed by atoms with E-state index in [9.17, 15) is 4.79 Å². The minimum atomic E-state index is -0.0915. The van der Waals surface area contributed by atoms with Crippen LogP contribution in [0, 0.1) is 3.57 Å². The lowest BCUT2D eigenvalue weighted by molar-refractivity contribution is 0.0946. The molecule has 3 N–H and O–H groups in total. The zero-order chi connectivity index (χ0) is 14.4. The number of benzene rings is 2. The maximum Gasteiger partial charge on any atom is 0.252 e. The monoisotopic (exact) mass is 382 g/mol. The first kappa shape index (κ1) is 14.6. The molecule has 0 saturated carbocycles. The number of hydrogen-bond donors (Lipinski definition) is 2. The van der Waals surface area contributed by atoms with Crippen molar-refractivity contribution in [3.05, 3.63) is 57.7 Å². The number of ether oxygens (including phenoxy) is 1. The lowest BCUT2D eigenvalue weighted by atomic mass is 10.2. The summed E-state index contributed by atoms with van der Waals surface area (Å²) in [5.74, 6) is 0.611. The first-order valence-corrected chi connectivity index (χ1v) is 7.26. The molecule has 0 unspecified atom stereocenters. The topological polar surface area (TPSA) is 64.3 Å². The van der Waals surface area contributed by atoms with Crippen LogP contribution in [0.2, 0.25) is 0 Å². The van der Waals surface area contributed by atoms with Gasteiger partial charge in [-0.1, -0.05) is 18.2 Å². The molecule has 0 saturated heterocycles. The van der Waals surface area contributed by atoms with Crippen LogP contribution in [-0.4, -0.2) is 19.1 Å². The molecule has 0 heterocycles. The highest BCUT2D eigenvalue weighted by Crippen LogP contribution is 2.14. The maximum atomic E-state index is 11.9. The normalized spacial score (nSPS) is 10.1. The number of hydrogen-bond acceptors (Lipinski definition) is 3. The smallest absolute Gasteiger partial charge is 0.252 e. The number of nitrogens with one attached hydrogen (secondary N) is 1. The molecule has 0 fully saturated rings. The second-order valence-electron chi connectivity index (χ2n) is 4.16. The molecule has 0 aliphatic heterocycles. The van der Waals surface area contributed by atoms with E-state index in [4.69, 9.17) is 10.5 Å². The average Bonchev–Trinajstić information content (AvgIpc) is 2.44. The van der Waals surface area contributed by atoms with E-state index in [0.29, 0.717) is 30.2 Å². The Balaban J connectivity index is 1.79. The van der Waals surface area contributed by atoms with Crippen LogP contribution in [0.4, 0.5) is 5.69 Å². The van der Waals surface area contributed by atoms with Crippen molar-refractivity contribution in [2.75, 3.05) is 18.9 Å².